The second kappa shape index (κ2) is 4.89. The minimum absolute atomic E-state index is 0.256. The Bertz CT molecular complexity index is 399. The van der Waals surface area contributed by atoms with Crippen LogP contribution in [0.5, 0.6) is 5.75 Å². The van der Waals surface area contributed by atoms with Crippen molar-refractivity contribution in [3.63, 3.8) is 0 Å². The van der Waals surface area contributed by atoms with Gasteiger partial charge in [-0.05, 0) is 30.0 Å². The normalized spacial score (nSPS) is 10.9. The van der Waals surface area contributed by atoms with E-state index in [1.165, 1.54) is 0 Å². The quantitative estimate of drug-likeness (QED) is 0.793. The van der Waals surface area contributed by atoms with Crippen LogP contribution < -0.4 is 10.5 Å². The molecular formula is C13H18N2O. The summed E-state index contributed by atoms with van der Waals surface area (Å²) in [5, 5.41) is 8.81. The minimum Gasteiger partial charge on any atom is -0.494 e. The zero-order valence-corrected chi connectivity index (χ0v) is 10.1. The first kappa shape index (κ1) is 12.4. The number of rotatable bonds is 3. The van der Waals surface area contributed by atoms with E-state index < -0.39 is 0 Å². The molecule has 0 aliphatic heterocycles. The Balaban J connectivity index is 2.59. The van der Waals surface area contributed by atoms with Gasteiger partial charge in [-0.3, -0.25) is 0 Å². The zero-order valence-electron chi connectivity index (χ0n) is 10.1. The highest BCUT2D eigenvalue weighted by atomic mass is 16.5. The standard InChI is InChI=1S/C13H18N2O/c1-13(2,3)6-7-16-11-4-5-12(15)10(8-11)9-14/h4-5,8H,6-7,15H2,1-3H3. The van der Waals surface area contributed by atoms with Gasteiger partial charge in [-0.2, -0.15) is 5.26 Å². The third kappa shape index (κ3) is 3.82. The molecule has 0 aromatic heterocycles. The fraction of sp³-hybridized carbons (Fsp3) is 0.462. The molecule has 0 aliphatic rings. The van der Waals surface area contributed by atoms with Crippen molar-refractivity contribution in [1.82, 2.24) is 0 Å². The first-order chi connectivity index (χ1) is 7.42. The van der Waals surface area contributed by atoms with Gasteiger partial charge in [-0.1, -0.05) is 20.8 Å². The van der Waals surface area contributed by atoms with Gasteiger partial charge < -0.3 is 10.5 Å². The lowest BCUT2D eigenvalue weighted by molar-refractivity contribution is 0.243. The van der Waals surface area contributed by atoms with Gasteiger partial charge in [-0.15, -0.1) is 0 Å². The molecule has 86 valence electrons. The van der Waals surface area contributed by atoms with Crippen LogP contribution in [0.1, 0.15) is 32.8 Å². The number of nitrogens with zero attached hydrogens (tertiary/aromatic N) is 1. The molecule has 0 saturated heterocycles. The molecular weight excluding hydrogens is 200 g/mol. The van der Waals surface area contributed by atoms with Crippen molar-refractivity contribution in [2.75, 3.05) is 12.3 Å². The van der Waals surface area contributed by atoms with Crippen molar-refractivity contribution in [1.29, 1.82) is 5.26 Å². The lowest BCUT2D eigenvalue weighted by Crippen LogP contribution is -2.11. The highest BCUT2D eigenvalue weighted by molar-refractivity contribution is 5.56. The largest absolute Gasteiger partial charge is 0.494 e. The molecule has 1 aromatic rings. The summed E-state index contributed by atoms with van der Waals surface area (Å²) in [6.07, 6.45) is 0.971. The van der Waals surface area contributed by atoms with E-state index >= 15 is 0 Å². The number of nitriles is 1. The van der Waals surface area contributed by atoms with Crippen LogP contribution in [0.15, 0.2) is 18.2 Å². The van der Waals surface area contributed by atoms with Gasteiger partial charge in [0.2, 0.25) is 0 Å². The second-order valence-corrected chi connectivity index (χ2v) is 5.02. The Morgan fingerprint density at radius 2 is 2.06 bits per heavy atom. The maximum Gasteiger partial charge on any atom is 0.120 e. The van der Waals surface area contributed by atoms with Crippen LogP contribution in [-0.2, 0) is 0 Å². The highest BCUT2D eigenvalue weighted by Crippen LogP contribution is 2.22. The summed E-state index contributed by atoms with van der Waals surface area (Å²) in [6, 6.07) is 7.21. The van der Waals surface area contributed by atoms with Crippen molar-refractivity contribution < 1.29 is 4.74 Å². The molecule has 0 unspecified atom stereocenters. The van der Waals surface area contributed by atoms with Crippen LogP contribution in [-0.4, -0.2) is 6.61 Å². The van der Waals surface area contributed by atoms with E-state index in [2.05, 4.69) is 20.8 Å². The third-order valence-electron chi connectivity index (χ3n) is 2.27. The van der Waals surface area contributed by atoms with E-state index in [1.807, 2.05) is 6.07 Å². The summed E-state index contributed by atoms with van der Waals surface area (Å²) < 4.78 is 5.57. The van der Waals surface area contributed by atoms with Crippen molar-refractivity contribution in [2.24, 2.45) is 5.41 Å². The molecule has 0 aliphatic carbocycles. The monoisotopic (exact) mass is 218 g/mol. The number of hydrogen-bond donors (Lipinski definition) is 1. The molecule has 3 nitrogen and oxygen atoms in total. The summed E-state index contributed by atoms with van der Waals surface area (Å²) in [6.45, 7) is 7.15. The van der Waals surface area contributed by atoms with E-state index in [0.717, 1.165) is 6.42 Å². The van der Waals surface area contributed by atoms with Crippen molar-refractivity contribution in [3.05, 3.63) is 23.8 Å². The van der Waals surface area contributed by atoms with Crippen molar-refractivity contribution in [3.8, 4) is 11.8 Å². The Morgan fingerprint density at radius 3 is 2.62 bits per heavy atom. The lowest BCUT2D eigenvalue weighted by atomic mass is 9.93. The molecule has 0 fully saturated rings. The summed E-state index contributed by atoms with van der Waals surface area (Å²) in [5.74, 6) is 0.704. The summed E-state index contributed by atoms with van der Waals surface area (Å²) in [7, 11) is 0. The van der Waals surface area contributed by atoms with E-state index in [-0.39, 0.29) is 5.41 Å². The second-order valence-electron chi connectivity index (χ2n) is 5.02. The average molecular weight is 218 g/mol. The average Bonchev–Trinajstić information content (AvgIpc) is 2.18. The van der Waals surface area contributed by atoms with Crippen LogP contribution in [0.4, 0.5) is 5.69 Å². The number of hydrogen-bond acceptors (Lipinski definition) is 3. The van der Waals surface area contributed by atoms with Crippen molar-refractivity contribution >= 4 is 5.69 Å². The van der Waals surface area contributed by atoms with Gasteiger partial charge in [0.25, 0.3) is 0 Å². The minimum atomic E-state index is 0.256. The molecule has 0 heterocycles. The van der Waals surface area contributed by atoms with Gasteiger partial charge in [0.05, 0.1) is 12.2 Å². The first-order valence-corrected chi connectivity index (χ1v) is 5.35. The molecule has 0 bridgehead atoms. The molecule has 0 amide bonds. The van der Waals surface area contributed by atoms with Gasteiger partial charge in [0.15, 0.2) is 0 Å². The van der Waals surface area contributed by atoms with E-state index in [0.29, 0.717) is 23.6 Å². The van der Waals surface area contributed by atoms with Crippen LogP contribution in [0.25, 0.3) is 0 Å². The molecule has 16 heavy (non-hydrogen) atoms. The van der Waals surface area contributed by atoms with Gasteiger partial charge in [0, 0.05) is 5.69 Å². The number of anilines is 1. The molecule has 3 heteroatoms. The Labute approximate surface area is 96.8 Å². The molecule has 0 atom stereocenters. The van der Waals surface area contributed by atoms with Crippen LogP contribution >= 0.6 is 0 Å². The Hall–Kier alpha value is -1.69. The Morgan fingerprint density at radius 1 is 1.38 bits per heavy atom. The topological polar surface area (TPSA) is 59.0 Å². The molecule has 0 spiro atoms. The number of benzene rings is 1. The number of nitrogens with two attached hydrogens (primary N) is 1. The van der Waals surface area contributed by atoms with Gasteiger partial charge in [0.1, 0.15) is 11.8 Å². The first-order valence-electron chi connectivity index (χ1n) is 5.35. The number of nitrogen functional groups attached to an aromatic ring is 1. The zero-order chi connectivity index (χ0) is 12.2. The third-order valence-corrected chi connectivity index (χ3v) is 2.27. The fourth-order valence-electron chi connectivity index (χ4n) is 1.20. The Kier molecular flexibility index (Phi) is 3.78. The smallest absolute Gasteiger partial charge is 0.120 e. The van der Waals surface area contributed by atoms with Crippen LogP contribution in [0.3, 0.4) is 0 Å². The summed E-state index contributed by atoms with van der Waals surface area (Å²) >= 11 is 0. The summed E-state index contributed by atoms with van der Waals surface area (Å²) in [4.78, 5) is 0. The molecule has 1 aromatic carbocycles. The maximum atomic E-state index is 8.81. The van der Waals surface area contributed by atoms with E-state index in [4.69, 9.17) is 15.7 Å². The molecule has 0 saturated carbocycles. The van der Waals surface area contributed by atoms with Crippen LogP contribution in [0.2, 0.25) is 0 Å². The summed E-state index contributed by atoms with van der Waals surface area (Å²) in [5.41, 5.74) is 6.83. The van der Waals surface area contributed by atoms with E-state index in [9.17, 15) is 0 Å². The number of ether oxygens (including phenoxy) is 1. The van der Waals surface area contributed by atoms with Gasteiger partial charge >= 0.3 is 0 Å². The predicted molar refractivity (Wildman–Crippen MR) is 65.1 cm³/mol. The van der Waals surface area contributed by atoms with Crippen molar-refractivity contribution in [2.45, 2.75) is 27.2 Å². The fourth-order valence-corrected chi connectivity index (χ4v) is 1.20. The molecule has 0 radical (unpaired) electrons. The van der Waals surface area contributed by atoms with E-state index in [1.54, 1.807) is 18.2 Å². The van der Waals surface area contributed by atoms with Gasteiger partial charge in [-0.25, -0.2) is 0 Å². The molecule has 2 N–H and O–H groups in total. The maximum absolute atomic E-state index is 8.81. The van der Waals surface area contributed by atoms with Crippen LogP contribution in [0, 0.1) is 16.7 Å². The SMILES string of the molecule is CC(C)(C)CCOc1ccc(N)c(C#N)c1. The predicted octanol–water partition coefficient (Wildman–Crippen LogP) is 2.96. The molecule has 1 rings (SSSR count). The highest BCUT2D eigenvalue weighted by Gasteiger charge is 2.10. The lowest BCUT2D eigenvalue weighted by Gasteiger charge is -2.18.